The number of hydrogen-bond donors (Lipinski definition) is 1. The van der Waals surface area contributed by atoms with Crippen molar-refractivity contribution >= 4 is 18.4 Å². The number of nitrogens with one attached hydrogen (secondary N) is 1. The van der Waals surface area contributed by atoms with Crippen LogP contribution in [0.1, 0.15) is 44.5 Å². The van der Waals surface area contributed by atoms with E-state index in [0.29, 0.717) is 11.4 Å². The maximum absolute atomic E-state index is 5.63. The molecule has 0 aliphatic heterocycles. The minimum Gasteiger partial charge on any atom is -0.494 e. The van der Waals surface area contributed by atoms with E-state index in [-0.39, 0.29) is 0 Å². The second-order valence-corrected chi connectivity index (χ2v) is 5.41. The normalized spacial score (nSPS) is 11.2. The first-order chi connectivity index (χ1) is 10.7. The summed E-state index contributed by atoms with van der Waals surface area (Å²) in [4.78, 5) is 0. The molecule has 0 atom stereocenters. The topological polar surface area (TPSA) is 55.2 Å². The molecule has 1 heterocycles. The Bertz CT molecular complexity index is 675. The maximum Gasteiger partial charge on any atom is 0.216 e. The van der Waals surface area contributed by atoms with Gasteiger partial charge in [0, 0.05) is 6.42 Å². The minimum absolute atomic E-state index is 0.515. The standard InChI is InChI=1S/C16H22N4OS/c1-3-5-9-15-18-19-16(22)20(15)17-12-13-7-6-8-14(11-13)21-10-4-2/h6-8,11-12H,3-5,9-10H2,1-2H3,(H,19,22)/b17-12+. The third kappa shape index (κ3) is 4.53. The van der Waals surface area contributed by atoms with Crippen LogP contribution in [0.5, 0.6) is 5.75 Å². The highest BCUT2D eigenvalue weighted by Crippen LogP contribution is 2.12. The second-order valence-electron chi connectivity index (χ2n) is 5.03. The average Bonchev–Trinajstić information content (AvgIpc) is 2.89. The molecule has 0 saturated carbocycles. The van der Waals surface area contributed by atoms with E-state index in [9.17, 15) is 0 Å². The van der Waals surface area contributed by atoms with Gasteiger partial charge in [-0.05, 0) is 42.8 Å². The number of H-pyrrole nitrogens is 1. The second kappa shape index (κ2) is 8.48. The number of hydrogen-bond acceptors (Lipinski definition) is 4. The summed E-state index contributed by atoms with van der Waals surface area (Å²) in [5.41, 5.74) is 0.971. The van der Waals surface area contributed by atoms with Crippen LogP contribution in [0.25, 0.3) is 0 Å². The molecule has 2 aromatic rings. The largest absolute Gasteiger partial charge is 0.494 e. The number of nitrogens with zero attached hydrogens (tertiary/aromatic N) is 3. The molecule has 6 heteroatoms. The molecule has 0 aliphatic rings. The lowest BCUT2D eigenvalue weighted by atomic mass is 10.2. The van der Waals surface area contributed by atoms with E-state index < -0.39 is 0 Å². The summed E-state index contributed by atoms with van der Waals surface area (Å²) in [6, 6.07) is 7.86. The van der Waals surface area contributed by atoms with Crippen molar-refractivity contribution in [2.45, 2.75) is 39.5 Å². The van der Waals surface area contributed by atoms with E-state index in [0.717, 1.165) is 42.8 Å². The molecule has 0 amide bonds. The van der Waals surface area contributed by atoms with Crippen molar-refractivity contribution in [3.05, 3.63) is 40.4 Å². The molecule has 1 N–H and O–H groups in total. The van der Waals surface area contributed by atoms with Crippen molar-refractivity contribution in [3.8, 4) is 5.75 Å². The number of aryl methyl sites for hydroxylation is 1. The molecule has 2 rings (SSSR count). The molecule has 0 radical (unpaired) electrons. The van der Waals surface area contributed by atoms with E-state index in [4.69, 9.17) is 17.0 Å². The van der Waals surface area contributed by atoms with Crippen LogP contribution in [0, 0.1) is 4.77 Å². The molecule has 0 spiro atoms. The molecular weight excluding hydrogens is 296 g/mol. The van der Waals surface area contributed by atoms with Crippen molar-refractivity contribution in [1.82, 2.24) is 14.9 Å². The van der Waals surface area contributed by atoms with Crippen molar-refractivity contribution in [3.63, 3.8) is 0 Å². The van der Waals surface area contributed by atoms with Crippen LogP contribution < -0.4 is 4.74 Å². The first-order valence-corrected chi connectivity index (χ1v) is 8.09. The fourth-order valence-corrected chi connectivity index (χ4v) is 2.17. The Kier molecular flexibility index (Phi) is 6.33. The van der Waals surface area contributed by atoms with Crippen LogP contribution in [-0.4, -0.2) is 27.7 Å². The highest BCUT2D eigenvalue weighted by Gasteiger charge is 2.04. The van der Waals surface area contributed by atoms with Gasteiger partial charge in [-0.1, -0.05) is 32.4 Å². The number of aromatic nitrogens is 3. The van der Waals surface area contributed by atoms with E-state index in [1.807, 2.05) is 24.3 Å². The minimum atomic E-state index is 0.515. The number of rotatable bonds is 8. The lowest BCUT2D eigenvalue weighted by Gasteiger charge is -2.04. The van der Waals surface area contributed by atoms with Crippen LogP contribution in [0.3, 0.4) is 0 Å². The summed E-state index contributed by atoms with van der Waals surface area (Å²) in [5.74, 6) is 1.72. The fraction of sp³-hybridized carbons (Fsp3) is 0.438. The van der Waals surface area contributed by atoms with Gasteiger partial charge in [0.1, 0.15) is 5.75 Å². The van der Waals surface area contributed by atoms with Gasteiger partial charge in [0.25, 0.3) is 0 Å². The van der Waals surface area contributed by atoms with Crippen molar-refractivity contribution < 1.29 is 4.74 Å². The molecular formula is C16H22N4OS. The highest BCUT2D eigenvalue weighted by atomic mass is 32.1. The quantitative estimate of drug-likeness (QED) is 0.592. The summed E-state index contributed by atoms with van der Waals surface area (Å²) in [5, 5.41) is 11.5. The zero-order chi connectivity index (χ0) is 15.8. The Labute approximate surface area is 136 Å². The predicted octanol–water partition coefficient (Wildman–Crippen LogP) is 3.95. The Morgan fingerprint density at radius 1 is 1.36 bits per heavy atom. The predicted molar refractivity (Wildman–Crippen MR) is 91.2 cm³/mol. The number of benzene rings is 1. The Balaban J connectivity index is 2.14. The number of aromatic amines is 1. The van der Waals surface area contributed by atoms with Crippen LogP contribution in [-0.2, 0) is 6.42 Å². The lowest BCUT2D eigenvalue weighted by molar-refractivity contribution is 0.317. The molecule has 0 unspecified atom stereocenters. The molecule has 1 aromatic carbocycles. The lowest BCUT2D eigenvalue weighted by Crippen LogP contribution is -1.99. The maximum atomic E-state index is 5.63. The van der Waals surface area contributed by atoms with Crippen LogP contribution >= 0.6 is 12.2 Å². The Morgan fingerprint density at radius 2 is 2.23 bits per heavy atom. The number of unbranched alkanes of at least 4 members (excludes halogenated alkanes) is 1. The summed E-state index contributed by atoms with van der Waals surface area (Å²) >= 11 is 5.23. The van der Waals surface area contributed by atoms with E-state index in [1.54, 1.807) is 10.9 Å². The van der Waals surface area contributed by atoms with Crippen molar-refractivity contribution in [1.29, 1.82) is 0 Å². The zero-order valence-corrected chi connectivity index (χ0v) is 13.9. The van der Waals surface area contributed by atoms with Gasteiger partial charge in [-0.3, -0.25) is 5.10 Å². The highest BCUT2D eigenvalue weighted by molar-refractivity contribution is 7.71. The molecule has 0 bridgehead atoms. The Hall–Kier alpha value is -1.95. The van der Waals surface area contributed by atoms with Gasteiger partial charge in [-0.2, -0.15) is 14.9 Å². The smallest absolute Gasteiger partial charge is 0.216 e. The van der Waals surface area contributed by atoms with Crippen molar-refractivity contribution in [2.24, 2.45) is 5.10 Å². The molecule has 0 aliphatic carbocycles. The summed E-state index contributed by atoms with van der Waals surface area (Å²) in [6.45, 7) is 4.95. The SMILES string of the molecule is CCCCc1n[nH]c(=S)n1/N=C/c1cccc(OCCC)c1. The monoisotopic (exact) mass is 318 g/mol. The van der Waals surface area contributed by atoms with Gasteiger partial charge < -0.3 is 4.74 Å². The first-order valence-electron chi connectivity index (χ1n) is 7.68. The van der Waals surface area contributed by atoms with Gasteiger partial charge in [0.2, 0.25) is 4.77 Å². The molecule has 1 aromatic heterocycles. The van der Waals surface area contributed by atoms with Crippen LogP contribution in [0.15, 0.2) is 29.4 Å². The van der Waals surface area contributed by atoms with Gasteiger partial charge in [-0.15, -0.1) is 0 Å². The third-order valence-electron chi connectivity index (χ3n) is 3.12. The van der Waals surface area contributed by atoms with Crippen LogP contribution in [0.4, 0.5) is 0 Å². The zero-order valence-electron chi connectivity index (χ0n) is 13.1. The Morgan fingerprint density at radius 3 is 3.00 bits per heavy atom. The third-order valence-corrected chi connectivity index (χ3v) is 3.39. The molecule has 5 nitrogen and oxygen atoms in total. The number of ether oxygens (including phenoxy) is 1. The molecule has 0 saturated heterocycles. The van der Waals surface area contributed by atoms with E-state index in [1.165, 1.54) is 0 Å². The van der Waals surface area contributed by atoms with E-state index >= 15 is 0 Å². The van der Waals surface area contributed by atoms with Crippen molar-refractivity contribution in [2.75, 3.05) is 6.61 Å². The van der Waals surface area contributed by atoms with Gasteiger partial charge in [0.15, 0.2) is 5.82 Å². The summed E-state index contributed by atoms with van der Waals surface area (Å²) in [6.07, 6.45) is 5.80. The van der Waals surface area contributed by atoms with E-state index in [2.05, 4.69) is 29.1 Å². The van der Waals surface area contributed by atoms with Crippen LogP contribution in [0.2, 0.25) is 0 Å². The van der Waals surface area contributed by atoms with Gasteiger partial charge in [-0.25, -0.2) is 0 Å². The molecule has 118 valence electrons. The molecule has 22 heavy (non-hydrogen) atoms. The average molecular weight is 318 g/mol. The van der Waals surface area contributed by atoms with Gasteiger partial charge in [0.05, 0.1) is 12.8 Å². The fourth-order valence-electron chi connectivity index (χ4n) is 1.97. The summed E-state index contributed by atoms with van der Waals surface area (Å²) in [7, 11) is 0. The molecule has 0 fully saturated rings. The first kappa shape index (κ1) is 16.4. The van der Waals surface area contributed by atoms with Gasteiger partial charge >= 0.3 is 0 Å². The summed E-state index contributed by atoms with van der Waals surface area (Å²) < 4.78 is 7.83.